The standard InChI is InChI=1S/C19H19FN2O2/c20-15-4-7-17(8-5-15)24-12-18-13-3-6-16(10-13)22(18)19(23)14-2-1-9-21-11-14/h1-2,4-5,7-9,11,13,16,18H,3,6,10,12H2/t13-,16+,18-/m1/s1. The quantitative estimate of drug-likeness (QED) is 0.866. The molecule has 4 rings (SSSR count). The summed E-state index contributed by atoms with van der Waals surface area (Å²) in [6.07, 6.45) is 6.53. The lowest BCUT2D eigenvalue weighted by atomic mass is 9.99. The van der Waals surface area contributed by atoms with Gasteiger partial charge in [0, 0.05) is 18.4 Å². The Bertz CT molecular complexity index is 720. The van der Waals surface area contributed by atoms with Crippen LogP contribution in [0.2, 0.25) is 0 Å². The number of hydrogen-bond acceptors (Lipinski definition) is 3. The predicted octanol–water partition coefficient (Wildman–Crippen LogP) is 3.29. The SMILES string of the molecule is O=C(c1cccnc1)N1[C@H]2CC[C@H](C2)[C@H]1COc1ccc(F)cc1. The molecule has 2 aliphatic rings. The Morgan fingerprint density at radius 3 is 2.83 bits per heavy atom. The Labute approximate surface area is 140 Å². The summed E-state index contributed by atoms with van der Waals surface area (Å²) >= 11 is 0. The highest BCUT2D eigenvalue weighted by atomic mass is 19.1. The number of piperidine rings is 1. The largest absolute Gasteiger partial charge is 0.491 e. The van der Waals surface area contributed by atoms with Crippen molar-refractivity contribution in [3.8, 4) is 5.75 Å². The first-order chi connectivity index (χ1) is 11.7. The molecule has 2 heterocycles. The van der Waals surface area contributed by atoms with Crippen molar-refractivity contribution in [3.63, 3.8) is 0 Å². The normalized spacial score (nSPS) is 25.0. The van der Waals surface area contributed by atoms with E-state index in [9.17, 15) is 9.18 Å². The molecule has 1 aliphatic carbocycles. The highest BCUT2D eigenvalue weighted by molar-refractivity contribution is 5.94. The molecular weight excluding hydrogens is 307 g/mol. The van der Waals surface area contributed by atoms with Gasteiger partial charge in [-0.25, -0.2) is 4.39 Å². The van der Waals surface area contributed by atoms with Crippen LogP contribution in [-0.4, -0.2) is 34.5 Å². The Morgan fingerprint density at radius 2 is 2.08 bits per heavy atom. The van der Waals surface area contributed by atoms with E-state index in [1.165, 1.54) is 12.1 Å². The Kier molecular flexibility index (Phi) is 3.92. The Balaban J connectivity index is 1.50. The number of rotatable bonds is 4. The molecule has 1 aliphatic heterocycles. The van der Waals surface area contributed by atoms with Gasteiger partial charge in [-0.15, -0.1) is 0 Å². The van der Waals surface area contributed by atoms with E-state index in [4.69, 9.17) is 4.74 Å². The zero-order valence-electron chi connectivity index (χ0n) is 13.3. The van der Waals surface area contributed by atoms with E-state index in [2.05, 4.69) is 4.98 Å². The molecule has 0 unspecified atom stereocenters. The van der Waals surface area contributed by atoms with Gasteiger partial charge < -0.3 is 9.64 Å². The lowest BCUT2D eigenvalue weighted by molar-refractivity contribution is 0.0505. The number of halogens is 1. The van der Waals surface area contributed by atoms with Crippen molar-refractivity contribution >= 4 is 5.91 Å². The van der Waals surface area contributed by atoms with Gasteiger partial charge in [-0.3, -0.25) is 9.78 Å². The zero-order chi connectivity index (χ0) is 16.5. The van der Waals surface area contributed by atoms with Crippen molar-refractivity contribution in [2.75, 3.05) is 6.61 Å². The number of fused-ring (bicyclic) bond motifs is 2. The molecule has 124 valence electrons. The molecule has 1 aromatic heterocycles. The molecule has 1 saturated heterocycles. The maximum Gasteiger partial charge on any atom is 0.256 e. The minimum atomic E-state index is -0.282. The fourth-order valence-corrected chi connectivity index (χ4v) is 3.98. The number of aromatic nitrogens is 1. The fourth-order valence-electron chi connectivity index (χ4n) is 3.98. The van der Waals surface area contributed by atoms with Crippen LogP contribution >= 0.6 is 0 Å². The van der Waals surface area contributed by atoms with Crippen LogP contribution in [0.4, 0.5) is 4.39 Å². The molecule has 2 fully saturated rings. The lowest BCUT2D eigenvalue weighted by Crippen LogP contribution is -2.47. The summed E-state index contributed by atoms with van der Waals surface area (Å²) in [6, 6.07) is 9.96. The maximum atomic E-state index is 13.0. The molecule has 1 aromatic carbocycles. The summed E-state index contributed by atoms with van der Waals surface area (Å²) in [5.41, 5.74) is 0.622. The number of benzene rings is 1. The molecular formula is C19H19FN2O2. The maximum absolute atomic E-state index is 13.0. The van der Waals surface area contributed by atoms with E-state index in [1.54, 1.807) is 36.7 Å². The number of ether oxygens (including phenoxy) is 1. The molecule has 0 spiro atoms. The van der Waals surface area contributed by atoms with Crippen molar-refractivity contribution in [1.29, 1.82) is 0 Å². The van der Waals surface area contributed by atoms with Crippen LogP contribution in [0.5, 0.6) is 5.75 Å². The third-order valence-corrected chi connectivity index (χ3v) is 5.12. The average molecular weight is 326 g/mol. The summed E-state index contributed by atoms with van der Waals surface area (Å²) in [7, 11) is 0. The van der Waals surface area contributed by atoms with Crippen LogP contribution in [0.15, 0.2) is 48.8 Å². The minimum Gasteiger partial charge on any atom is -0.491 e. The average Bonchev–Trinajstić information content (AvgIpc) is 3.23. The Hall–Kier alpha value is -2.43. The highest BCUT2D eigenvalue weighted by Crippen LogP contribution is 2.43. The second-order valence-corrected chi connectivity index (χ2v) is 6.51. The Morgan fingerprint density at radius 1 is 1.25 bits per heavy atom. The van der Waals surface area contributed by atoms with Gasteiger partial charge in [0.1, 0.15) is 18.2 Å². The molecule has 1 saturated carbocycles. The number of carbonyl (C=O) groups is 1. The highest BCUT2D eigenvalue weighted by Gasteiger charge is 2.48. The van der Waals surface area contributed by atoms with E-state index >= 15 is 0 Å². The van der Waals surface area contributed by atoms with Gasteiger partial charge in [0.15, 0.2) is 0 Å². The fraction of sp³-hybridized carbons (Fsp3) is 0.368. The van der Waals surface area contributed by atoms with Gasteiger partial charge >= 0.3 is 0 Å². The molecule has 4 nitrogen and oxygen atoms in total. The van der Waals surface area contributed by atoms with E-state index < -0.39 is 0 Å². The number of amides is 1. The van der Waals surface area contributed by atoms with Crippen molar-refractivity contribution in [2.24, 2.45) is 5.92 Å². The second-order valence-electron chi connectivity index (χ2n) is 6.51. The van der Waals surface area contributed by atoms with Crippen molar-refractivity contribution in [1.82, 2.24) is 9.88 Å². The van der Waals surface area contributed by atoms with Crippen LogP contribution in [0.3, 0.4) is 0 Å². The summed E-state index contributed by atoms with van der Waals surface area (Å²) in [5, 5.41) is 0. The van der Waals surface area contributed by atoms with Gasteiger partial charge in [0.2, 0.25) is 0 Å². The summed E-state index contributed by atoms with van der Waals surface area (Å²) in [6.45, 7) is 0.443. The van der Waals surface area contributed by atoms with E-state index in [-0.39, 0.29) is 17.8 Å². The van der Waals surface area contributed by atoms with Gasteiger partial charge in [0.25, 0.3) is 5.91 Å². The molecule has 24 heavy (non-hydrogen) atoms. The third kappa shape index (κ3) is 2.75. The number of nitrogens with zero attached hydrogens (tertiary/aromatic N) is 2. The van der Waals surface area contributed by atoms with Crippen LogP contribution in [0, 0.1) is 11.7 Å². The van der Waals surface area contributed by atoms with Crippen LogP contribution in [-0.2, 0) is 0 Å². The van der Waals surface area contributed by atoms with E-state index in [1.807, 2.05) is 4.90 Å². The first kappa shape index (κ1) is 15.1. The van der Waals surface area contributed by atoms with Crippen LogP contribution in [0.25, 0.3) is 0 Å². The van der Waals surface area contributed by atoms with Crippen LogP contribution in [0.1, 0.15) is 29.6 Å². The lowest BCUT2D eigenvalue weighted by Gasteiger charge is -2.35. The molecule has 5 heteroatoms. The van der Waals surface area contributed by atoms with Crippen LogP contribution < -0.4 is 4.74 Å². The van der Waals surface area contributed by atoms with E-state index in [0.717, 1.165) is 19.3 Å². The molecule has 2 aromatic rings. The molecule has 3 atom stereocenters. The number of hydrogen-bond donors (Lipinski definition) is 0. The summed E-state index contributed by atoms with van der Waals surface area (Å²) in [4.78, 5) is 18.9. The van der Waals surface area contributed by atoms with Gasteiger partial charge in [0.05, 0.1) is 11.6 Å². The van der Waals surface area contributed by atoms with Crippen molar-refractivity contribution < 1.29 is 13.9 Å². The third-order valence-electron chi connectivity index (χ3n) is 5.12. The zero-order valence-corrected chi connectivity index (χ0v) is 13.3. The van der Waals surface area contributed by atoms with Gasteiger partial charge in [-0.1, -0.05) is 0 Å². The topological polar surface area (TPSA) is 42.4 Å². The van der Waals surface area contributed by atoms with Crippen molar-refractivity contribution in [3.05, 3.63) is 60.2 Å². The van der Waals surface area contributed by atoms with Gasteiger partial charge in [-0.05, 0) is 61.6 Å². The first-order valence-electron chi connectivity index (χ1n) is 8.33. The number of likely N-dealkylation sites (tertiary alicyclic amines) is 1. The number of carbonyl (C=O) groups excluding carboxylic acids is 1. The predicted molar refractivity (Wildman–Crippen MR) is 87.2 cm³/mol. The summed E-state index contributed by atoms with van der Waals surface area (Å²) in [5.74, 6) is 0.864. The second kappa shape index (κ2) is 6.23. The molecule has 0 radical (unpaired) electrons. The molecule has 2 bridgehead atoms. The van der Waals surface area contributed by atoms with E-state index in [0.29, 0.717) is 29.9 Å². The summed E-state index contributed by atoms with van der Waals surface area (Å²) < 4.78 is 18.8. The number of pyridine rings is 1. The first-order valence-corrected chi connectivity index (χ1v) is 8.33. The van der Waals surface area contributed by atoms with Crippen molar-refractivity contribution in [2.45, 2.75) is 31.3 Å². The smallest absolute Gasteiger partial charge is 0.256 e. The molecule has 1 amide bonds. The monoisotopic (exact) mass is 326 g/mol. The molecule has 0 N–H and O–H groups in total. The minimum absolute atomic E-state index is 0.0306. The van der Waals surface area contributed by atoms with Gasteiger partial charge in [-0.2, -0.15) is 0 Å².